The van der Waals surface area contributed by atoms with Gasteiger partial charge in [-0.1, -0.05) is 11.6 Å². The van der Waals surface area contributed by atoms with E-state index in [1.54, 1.807) is 0 Å². The van der Waals surface area contributed by atoms with Crippen LogP contribution in [-0.2, 0) is 0 Å². The molecule has 1 unspecified atom stereocenters. The third kappa shape index (κ3) is 2.59. The van der Waals surface area contributed by atoms with Gasteiger partial charge in [0.15, 0.2) is 5.84 Å². The van der Waals surface area contributed by atoms with Gasteiger partial charge in [0.1, 0.15) is 0 Å². The first-order valence-electron chi connectivity index (χ1n) is 4.82. The summed E-state index contributed by atoms with van der Waals surface area (Å²) >= 11 is 0. The Morgan fingerprint density at radius 1 is 1.69 bits per heavy atom. The highest BCUT2D eigenvalue weighted by molar-refractivity contribution is 5.84. The van der Waals surface area contributed by atoms with E-state index in [9.17, 15) is 0 Å². The molecule has 0 aromatic rings. The smallest absolute Gasteiger partial charge is 0.156 e. The van der Waals surface area contributed by atoms with Crippen molar-refractivity contribution in [2.75, 3.05) is 13.6 Å². The van der Waals surface area contributed by atoms with E-state index in [2.05, 4.69) is 10.1 Å². The van der Waals surface area contributed by atoms with Gasteiger partial charge < -0.3 is 10.9 Å². The topological polar surface area (TPSA) is 61.9 Å². The van der Waals surface area contributed by atoms with E-state index >= 15 is 0 Å². The first-order valence-corrected chi connectivity index (χ1v) is 4.82. The van der Waals surface area contributed by atoms with Crippen molar-refractivity contribution in [3.63, 3.8) is 0 Å². The molecule has 0 aromatic heterocycles. The van der Waals surface area contributed by atoms with Crippen LogP contribution in [0, 0.1) is 5.92 Å². The molecule has 3 N–H and O–H groups in total. The van der Waals surface area contributed by atoms with Gasteiger partial charge in [-0.15, -0.1) is 0 Å². The minimum atomic E-state index is 0.0330. The summed E-state index contributed by atoms with van der Waals surface area (Å²) in [6.07, 6.45) is 4.01. The molecule has 76 valence electrons. The van der Waals surface area contributed by atoms with Gasteiger partial charge in [0.2, 0.25) is 0 Å². The molecule has 0 amide bonds. The van der Waals surface area contributed by atoms with Crippen molar-refractivity contribution in [3.8, 4) is 0 Å². The average Bonchev–Trinajstić information content (AvgIpc) is 2.08. The number of rotatable bonds is 4. The van der Waals surface area contributed by atoms with Gasteiger partial charge in [-0.3, -0.25) is 4.90 Å². The Bertz CT molecular complexity index is 189. The number of amidine groups is 1. The van der Waals surface area contributed by atoms with E-state index in [0.29, 0.717) is 5.84 Å². The van der Waals surface area contributed by atoms with Crippen molar-refractivity contribution < 1.29 is 5.21 Å². The molecule has 0 aromatic carbocycles. The molecular formula is C9H19N3O. The highest BCUT2D eigenvalue weighted by Gasteiger charge is 2.22. The number of nitrogens with zero attached hydrogens (tertiary/aromatic N) is 2. The van der Waals surface area contributed by atoms with Gasteiger partial charge in [-0.25, -0.2) is 0 Å². The second kappa shape index (κ2) is 4.46. The zero-order valence-electron chi connectivity index (χ0n) is 8.40. The first kappa shape index (κ1) is 10.3. The van der Waals surface area contributed by atoms with Gasteiger partial charge >= 0.3 is 0 Å². The highest BCUT2D eigenvalue weighted by Crippen LogP contribution is 2.27. The predicted molar refractivity (Wildman–Crippen MR) is 52.8 cm³/mol. The van der Waals surface area contributed by atoms with Crippen molar-refractivity contribution in [2.45, 2.75) is 32.2 Å². The molecule has 1 rings (SSSR count). The maximum Gasteiger partial charge on any atom is 0.156 e. The lowest BCUT2D eigenvalue weighted by Crippen LogP contribution is -2.43. The largest absolute Gasteiger partial charge is 0.409 e. The second-order valence-electron chi connectivity index (χ2n) is 3.94. The van der Waals surface area contributed by atoms with Gasteiger partial charge in [0.25, 0.3) is 0 Å². The van der Waals surface area contributed by atoms with Crippen molar-refractivity contribution in [1.29, 1.82) is 0 Å². The highest BCUT2D eigenvalue weighted by atomic mass is 16.4. The van der Waals surface area contributed by atoms with Crippen LogP contribution in [-0.4, -0.2) is 35.6 Å². The lowest BCUT2D eigenvalue weighted by molar-refractivity contribution is 0.191. The molecule has 0 radical (unpaired) electrons. The molecule has 1 fully saturated rings. The van der Waals surface area contributed by atoms with Gasteiger partial charge in [0.05, 0.1) is 6.04 Å². The summed E-state index contributed by atoms with van der Waals surface area (Å²) in [5.41, 5.74) is 5.51. The molecule has 4 nitrogen and oxygen atoms in total. The van der Waals surface area contributed by atoms with E-state index in [1.807, 2.05) is 14.0 Å². The molecule has 0 bridgehead atoms. The Labute approximate surface area is 79.4 Å². The molecule has 4 heteroatoms. The Morgan fingerprint density at radius 3 is 2.69 bits per heavy atom. The summed E-state index contributed by atoms with van der Waals surface area (Å²) in [5.74, 6) is 1.11. The van der Waals surface area contributed by atoms with Crippen LogP contribution in [0.1, 0.15) is 26.2 Å². The van der Waals surface area contributed by atoms with Gasteiger partial charge in [-0.05, 0) is 32.7 Å². The fourth-order valence-corrected chi connectivity index (χ4v) is 1.55. The number of nitrogens with two attached hydrogens (primary N) is 1. The summed E-state index contributed by atoms with van der Waals surface area (Å²) in [5, 5.41) is 11.5. The molecule has 0 saturated heterocycles. The lowest BCUT2D eigenvalue weighted by Gasteiger charge is -2.32. The van der Waals surface area contributed by atoms with Crippen LogP contribution >= 0.6 is 0 Å². The van der Waals surface area contributed by atoms with E-state index < -0.39 is 0 Å². The standard InChI is InChI=1S/C9H19N3O/c1-7(9(10)11-13)12(2)6-8-4-3-5-8/h7-8,13H,3-6H2,1-2H3,(H2,10,11). The Hall–Kier alpha value is -0.770. The SMILES string of the molecule is CC(C(N)=NO)N(C)CC1CCC1. The summed E-state index contributed by atoms with van der Waals surface area (Å²) in [6, 6.07) is 0.0330. The minimum absolute atomic E-state index is 0.0330. The zero-order valence-corrected chi connectivity index (χ0v) is 8.40. The molecule has 1 saturated carbocycles. The van der Waals surface area contributed by atoms with Crippen LogP contribution in [0.15, 0.2) is 5.16 Å². The Morgan fingerprint density at radius 2 is 2.31 bits per heavy atom. The van der Waals surface area contributed by atoms with Gasteiger partial charge in [0, 0.05) is 6.54 Å². The molecule has 13 heavy (non-hydrogen) atoms. The van der Waals surface area contributed by atoms with Crippen LogP contribution in [0.4, 0.5) is 0 Å². The quantitative estimate of drug-likeness (QED) is 0.295. The van der Waals surface area contributed by atoms with Crippen LogP contribution in [0.25, 0.3) is 0 Å². The fourth-order valence-electron chi connectivity index (χ4n) is 1.55. The third-order valence-corrected chi connectivity index (χ3v) is 2.98. The number of oxime groups is 1. The average molecular weight is 185 g/mol. The molecular weight excluding hydrogens is 166 g/mol. The monoisotopic (exact) mass is 185 g/mol. The number of likely N-dealkylation sites (N-methyl/N-ethyl adjacent to an activating group) is 1. The van der Waals surface area contributed by atoms with E-state index in [-0.39, 0.29) is 6.04 Å². The normalized spacial score (nSPS) is 21.6. The van der Waals surface area contributed by atoms with E-state index in [0.717, 1.165) is 12.5 Å². The van der Waals surface area contributed by atoms with E-state index in [4.69, 9.17) is 10.9 Å². The summed E-state index contributed by atoms with van der Waals surface area (Å²) in [7, 11) is 2.01. The third-order valence-electron chi connectivity index (χ3n) is 2.98. The van der Waals surface area contributed by atoms with Crippen molar-refractivity contribution >= 4 is 5.84 Å². The molecule has 1 aliphatic carbocycles. The van der Waals surface area contributed by atoms with Gasteiger partial charge in [-0.2, -0.15) is 0 Å². The molecule has 0 aliphatic heterocycles. The van der Waals surface area contributed by atoms with Crippen LogP contribution < -0.4 is 5.73 Å². The molecule has 1 aliphatic rings. The van der Waals surface area contributed by atoms with Crippen molar-refractivity contribution in [2.24, 2.45) is 16.8 Å². The second-order valence-corrected chi connectivity index (χ2v) is 3.94. The predicted octanol–water partition coefficient (Wildman–Crippen LogP) is 0.853. The van der Waals surface area contributed by atoms with E-state index in [1.165, 1.54) is 19.3 Å². The molecule has 0 heterocycles. The number of hydrogen-bond donors (Lipinski definition) is 2. The molecule has 1 atom stereocenters. The number of hydrogen-bond acceptors (Lipinski definition) is 3. The van der Waals surface area contributed by atoms with Crippen LogP contribution in [0.2, 0.25) is 0 Å². The summed E-state index contributed by atoms with van der Waals surface area (Å²) in [6.45, 7) is 3.01. The van der Waals surface area contributed by atoms with Crippen molar-refractivity contribution in [1.82, 2.24) is 4.90 Å². The fraction of sp³-hybridized carbons (Fsp3) is 0.889. The van der Waals surface area contributed by atoms with Crippen LogP contribution in [0.5, 0.6) is 0 Å². The zero-order chi connectivity index (χ0) is 9.84. The molecule has 0 spiro atoms. The first-order chi connectivity index (χ1) is 6.15. The Balaban J connectivity index is 2.32. The summed E-state index contributed by atoms with van der Waals surface area (Å²) in [4.78, 5) is 2.14. The Kier molecular flexibility index (Phi) is 3.54. The maximum atomic E-state index is 8.50. The van der Waals surface area contributed by atoms with Crippen molar-refractivity contribution in [3.05, 3.63) is 0 Å². The summed E-state index contributed by atoms with van der Waals surface area (Å²) < 4.78 is 0. The minimum Gasteiger partial charge on any atom is -0.409 e. The lowest BCUT2D eigenvalue weighted by atomic mass is 9.85. The maximum absolute atomic E-state index is 8.50. The van der Waals surface area contributed by atoms with Crippen LogP contribution in [0.3, 0.4) is 0 Å².